The molecule has 0 aliphatic heterocycles. The molecule has 4 nitrogen and oxygen atoms in total. The molecule has 2 aromatic heterocycles. The van der Waals surface area contributed by atoms with E-state index in [1.807, 2.05) is 42.6 Å². The Bertz CT molecular complexity index is 1320. The van der Waals surface area contributed by atoms with Crippen LogP contribution in [-0.2, 0) is 12.8 Å². The van der Waals surface area contributed by atoms with Gasteiger partial charge in [0.2, 0.25) is 0 Å². The van der Waals surface area contributed by atoms with Crippen molar-refractivity contribution in [3.8, 4) is 11.1 Å². The average Bonchev–Trinajstić information content (AvgIpc) is 3.23. The van der Waals surface area contributed by atoms with Crippen molar-refractivity contribution in [3.63, 3.8) is 0 Å². The number of nitrogens with zero attached hydrogens (tertiary/aromatic N) is 1. The number of Topliss-reactive ketones (excluding diaryl/α,β-unsaturated/α-hetero) is 1. The standard InChI is InChI=1S/C25H22N2O2S2/c1-15(22(28)17-8-3-2-4-9-17)31-25-26-23(29)21-20(14-30-24(21)27-25)19-12-11-16-7-5-6-10-18(16)13-19/h2-4,8-9,11-15H,5-7,10H2,1H3,(H,26,27,29)/t15-/m1/s1. The maximum Gasteiger partial charge on any atom is 0.260 e. The highest BCUT2D eigenvalue weighted by molar-refractivity contribution is 8.00. The Morgan fingerprint density at radius 1 is 1.10 bits per heavy atom. The van der Waals surface area contributed by atoms with Crippen LogP contribution in [-0.4, -0.2) is 21.0 Å². The summed E-state index contributed by atoms with van der Waals surface area (Å²) in [5, 5.41) is 2.79. The van der Waals surface area contributed by atoms with Gasteiger partial charge in [0.05, 0.1) is 10.6 Å². The number of rotatable bonds is 5. The number of thiophene rings is 1. The van der Waals surface area contributed by atoms with Crippen molar-refractivity contribution < 1.29 is 4.79 Å². The predicted octanol–water partition coefficient (Wildman–Crippen LogP) is 5.89. The number of thioether (sulfide) groups is 1. The summed E-state index contributed by atoms with van der Waals surface area (Å²) >= 11 is 2.77. The highest BCUT2D eigenvalue weighted by Gasteiger charge is 2.20. The lowest BCUT2D eigenvalue weighted by Crippen LogP contribution is -2.16. The molecule has 156 valence electrons. The normalized spacial score (nSPS) is 14.4. The van der Waals surface area contributed by atoms with Gasteiger partial charge in [-0.15, -0.1) is 11.3 Å². The second-order valence-electron chi connectivity index (χ2n) is 7.88. The molecule has 2 aromatic carbocycles. The number of fused-ring (bicyclic) bond motifs is 2. The number of ketones is 1. The van der Waals surface area contributed by atoms with Crippen molar-refractivity contribution in [1.82, 2.24) is 9.97 Å². The lowest BCUT2D eigenvalue weighted by Gasteiger charge is -2.16. The van der Waals surface area contributed by atoms with Gasteiger partial charge in [-0.3, -0.25) is 9.59 Å². The molecule has 2 heterocycles. The Kier molecular flexibility index (Phi) is 5.50. The van der Waals surface area contributed by atoms with Gasteiger partial charge in [-0.05, 0) is 49.3 Å². The lowest BCUT2D eigenvalue weighted by molar-refractivity contribution is 0.0994. The van der Waals surface area contributed by atoms with E-state index in [9.17, 15) is 9.59 Å². The second-order valence-corrected chi connectivity index (χ2v) is 10.1. The van der Waals surface area contributed by atoms with E-state index in [4.69, 9.17) is 0 Å². The van der Waals surface area contributed by atoms with E-state index in [0.29, 0.717) is 20.9 Å². The van der Waals surface area contributed by atoms with E-state index in [1.165, 1.54) is 47.1 Å². The van der Waals surface area contributed by atoms with E-state index in [1.54, 1.807) is 0 Å². The van der Waals surface area contributed by atoms with Crippen LogP contribution >= 0.6 is 23.1 Å². The molecule has 0 unspecified atom stereocenters. The Morgan fingerprint density at radius 3 is 2.68 bits per heavy atom. The van der Waals surface area contributed by atoms with Gasteiger partial charge in [-0.25, -0.2) is 4.98 Å². The maximum atomic E-state index is 13.0. The zero-order chi connectivity index (χ0) is 21.4. The van der Waals surface area contributed by atoms with E-state index in [0.717, 1.165) is 24.0 Å². The lowest BCUT2D eigenvalue weighted by atomic mass is 9.89. The van der Waals surface area contributed by atoms with Crippen molar-refractivity contribution in [3.05, 3.63) is 81.0 Å². The van der Waals surface area contributed by atoms with Crippen LogP contribution < -0.4 is 5.56 Å². The minimum absolute atomic E-state index is 0.0225. The zero-order valence-corrected chi connectivity index (χ0v) is 18.8. The molecule has 0 fully saturated rings. The number of aryl methyl sites for hydroxylation is 2. The van der Waals surface area contributed by atoms with Crippen LogP contribution in [0.3, 0.4) is 0 Å². The Morgan fingerprint density at radius 2 is 1.87 bits per heavy atom. The molecule has 1 aliphatic rings. The van der Waals surface area contributed by atoms with E-state index >= 15 is 0 Å². The fraction of sp³-hybridized carbons (Fsp3) is 0.240. The summed E-state index contributed by atoms with van der Waals surface area (Å²) in [4.78, 5) is 33.9. The third-order valence-corrected chi connectivity index (χ3v) is 7.65. The van der Waals surface area contributed by atoms with Crippen molar-refractivity contribution >= 4 is 39.1 Å². The molecular formula is C25H22N2O2S2. The first-order chi connectivity index (χ1) is 15.1. The molecule has 6 heteroatoms. The van der Waals surface area contributed by atoms with Crippen LogP contribution in [0.1, 0.15) is 41.3 Å². The van der Waals surface area contributed by atoms with Gasteiger partial charge in [-0.2, -0.15) is 0 Å². The maximum absolute atomic E-state index is 13.0. The molecule has 0 bridgehead atoms. The van der Waals surface area contributed by atoms with E-state index < -0.39 is 0 Å². The van der Waals surface area contributed by atoms with Crippen molar-refractivity contribution in [2.24, 2.45) is 0 Å². The highest BCUT2D eigenvalue weighted by atomic mass is 32.2. The first kappa shape index (κ1) is 20.2. The molecule has 0 saturated heterocycles. The summed E-state index contributed by atoms with van der Waals surface area (Å²) in [5.74, 6) is 0.0225. The zero-order valence-electron chi connectivity index (χ0n) is 17.2. The summed E-state index contributed by atoms with van der Waals surface area (Å²) in [6.07, 6.45) is 4.73. The Hall–Kier alpha value is -2.70. The number of carbonyl (C=O) groups excluding carboxylic acids is 1. The first-order valence-corrected chi connectivity index (χ1v) is 12.3. The molecule has 0 radical (unpaired) electrons. The Balaban J connectivity index is 1.45. The number of aromatic amines is 1. The summed E-state index contributed by atoms with van der Waals surface area (Å²) in [5.41, 5.74) is 5.35. The number of hydrogen-bond donors (Lipinski definition) is 1. The molecule has 1 N–H and O–H groups in total. The van der Waals surface area contributed by atoms with E-state index in [2.05, 4.69) is 28.2 Å². The SMILES string of the molecule is C[C@@H](Sc1nc2scc(-c3ccc4c(c3)CCCC4)c2c(=O)[nH]1)C(=O)c1ccccc1. The number of nitrogens with one attached hydrogen (secondary N) is 1. The number of carbonyl (C=O) groups is 1. The Labute approximate surface area is 188 Å². The third kappa shape index (κ3) is 3.98. The number of H-pyrrole nitrogens is 1. The van der Waals surface area contributed by atoms with Crippen LogP contribution in [0.5, 0.6) is 0 Å². The second kappa shape index (κ2) is 8.44. The quantitative estimate of drug-likeness (QED) is 0.236. The van der Waals surface area contributed by atoms with Crippen LogP contribution in [0.4, 0.5) is 0 Å². The van der Waals surface area contributed by atoms with Gasteiger partial charge in [0.15, 0.2) is 10.9 Å². The molecule has 31 heavy (non-hydrogen) atoms. The number of aromatic nitrogens is 2. The summed E-state index contributed by atoms with van der Waals surface area (Å²) in [6, 6.07) is 15.8. The van der Waals surface area contributed by atoms with Gasteiger partial charge in [0, 0.05) is 16.5 Å². The monoisotopic (exact) mass is 446 g/mol. The molecule has 5 rings (SSSR count). The molecular weight excluding hydrogens is 424 g/mol. The smallest absolute Gasteiger partial charge is 0.260 e. The molecule has 0 saturated carbocycles. The highest BCUT2D eigenvalue weighted by Crippen LogP contribution is 2.34. The predicted molar refractivity (Wildman–Crippen MR) is 128 cm³/mol. The van der Waals surface area contributed by atoms with Crippen LogP contribution in [0.15, 0.2) is 63.9 Å². The van der Waals surface area contributed by atoms with Gasteiger partial charge >= 0.3 is 0 Å². The van der Waals surface area contributed by atoms with Gasteiger partial charge in [-0.1, -0.05) is 60.3 Å². The average molecular weight is 447 g/mol. The summed E-state index contributed by atoms with van der Waals surface area (Å²) < 4.78 is 0. The van der Waals surface area contributed by atoms with Crippen LogP contribution in [0, 0.1) is 0 Å². The molecule has 0 spiro atoms. The largest absolute Gasteiger partial charge is 0.301 e. The summed E-state index contributed by atoms with van der Waals surface area (Å²) in [6.45, 7) is 1.84. The fourth-order valence-electron chi connectivity index (χ4n) is 4.16. The minimum Gasteiger partial charge on any atom is -0.301 e. The van der Waals surface area contributed by atoms with Crippen LogP contribution in [0.25, 0.3) is 21.3 Å². The van der Waals surface area contributed by atoms with E-state index in [-0.39, 0.29) is 16.6 Å². The van der Waals surface area contributed by atoms with Crippen LogP contribution in [0.2, 0.25) is 0 Å². The third-order valence-electron chi connectivity index (χ3n) is 5.80. The summed E-state index contributed by atoms with van der Waals surface area (Å²) in [7, 11) is 0. The topological polar surface area (TPSA) is 62.8 Å². The van der Waals surface area contributed by atoms with Gasteiger partial charge in [0.1, 0.15) is 4.83 Å². The fourth-order valence-corrected chi connectivity index (χ4v) is 6.04. The van der Waals surface area contributed by atoms with Crippen molar-refractivity contribution in [2.45, 2.75) is 43.0 Å². The molecule has 1 aliphatic carbocycles. The molecule has 1 atom stereocenters. The first-order valence-electron chi connectivity index (χ1n) is 10.5. The van der Waals surface area contributed by atoms with Gasteiger partial charge in [0.25, 0.3) is 5.56 Å². The minimum atomic E-state index is -0.344. The number of hydrogen-bond acceptors (Lipinski definition) is 5. The molecule has 0 amide bonds. The van der Waals surface area contributed by atoms with Crippen molar-refractivity contribution in [2.75, 3.05) is 0 Å². The van der Waals surface area contributed by atoms with Crippen molar-refractivity contribution in [1.29, 1.82) is 0 Å². The van der Waals surface area contributed by atoms with Gasteiger partial charge < -0.3 is 4.98 Å². The number of benzene rings is 2. The molecule has 4 aromatic rings.